The van der Waals surface area contributed by atoms with Gasteiger partial charge in [-0.15, -0.1) is 0 Å². The summed E-state index contributed by atoms with van der Waals surface area (Å²) in [4.78, 5) is 13.7. The number of anilines is 4. The second kappa shape index (κ2) is 10.8. The number of hydrogen-bond acceptors (Lipinski definition) is 7. The fourth-order valence-electron chi connectivity index (χ4n) is 4.80. The minimum atomic E-state index is -0.295. The van der Waals surface area contributed by atoms with Crippen molar-refractivity contribution in [2.45, 2.75) is 0 Å². The molecule has 0 saturated carbocycles. The first-order valence-electron chi connectivity index (χ1n) is 12.3. The van der Waals surface area contributed by atoms with Crippen LogP contribution in [0, 0.1) is 0 Å². The molecule has 0 radical (unpaired) electrons. The zero-order chi connectivity index (χ0) is 25.9. The van der Waals surface area contributed by atoms with Crippen LogP contribution in [0.25, 0.3) is 22.2 Å². The van der Waals surface area contributed by atoms with Gasteiger partial charge in [-0.25, -0.2) is 14.4 Å². The molecule has 0 aliphatic carbocycles. The maximum Gasteiger partial charge on any atom is 0.227 e. The largest absolute Gasteiger partial charge is 0.495 e. The monoisotopic (exact) mass is 523 g/mol. The van der Waals surface area contributed by atoms with Gasteiger partial charge >= 0.3 is 0 Å². The minimum absolute atomic E-state index is 0.295. The molecular weight excluding hydrogens is 493 g/mol. The van der Waals surface area contributed by atoms with E-state index in [9.17, 15) is 4.39 Å². The summed E-state index contributed by atoms with van der Waals surface area (Å²) in [6.07, 6.45) is 3.67. The average molecular weight is 524 g/mol. The smallest absolute Gasteiger partial charge is 0.227 e. The van der Waals surface area contributed by atoms with Crippen LogP contribution in [0.1, 0.15) is 0 Å². The van der Waals surface area contributed by atoms with Crippen LogP contribution in [0.4, 0.5) is 27.4 Å². The summed E-state index contributed by atoms with van der Waals surface area (Å²) in [5, 5.41) is 7.93. The normalized spacial score (nSPS) is 14.2. The van der Waals surface area contributed by atoms with Crippen LogP contribution in [0.3, 0.4) is 0 Å². The van der Waals surface area contributed by atoms with E-state index in [4.69, 9.17) is 21.3 Å². The molecule has 2 N–H and O–H groups in total. The van der Waals surface area contributed by atoms with Crippen LogP contribution in [0.15, 0.2) is 48.8 Å². The highest BCUT2D eigenvalue weighted by Gasteiger charge is 2.20. The number of methoxy groups -OCH3 is 1. The van der Waals surface area contributed by atoms with E-state index in [1.807, 2.05) is 38.5 Å². The van der Waals surface area contributed by atoms with Gasteiger partial charge < -0.3 is 24.8 Å². The summed E-state index contributed by atoms with van der Waals surface area (Å²) >= 11 is 6.61. The third-order valence-corrected chi connectivity index (χ3v) is 7.12. The van der Waals surface area contributed by atoms with Crippen LogP contribution in [-0.4, -0.2) is 73.0 Å². The van der Waals surface area contributed by atoms with E-state index in [-0.39, 0.29) is 6.67 Å². The molecule has 8 nitrogen and oxygen atoms in total. The van der Waals surface area contributed by atoms with Crippen molar-refractivity contribution in [3.8, 4) is 17.0 Å². The van der Waals surface area contributed by atoms with Crippen molar-refractivity contribution in [2.75, 3.05) is 69.1 Å². The number of fused-ring (bicyclic) bond motifs is 1. The van der Waals surface area contributed by atoms with Crippen LogP contribution >= 0.6 is 11.6 Å². The molecular formula is C27H31ClFN7O. The van der Waals surface area contributed by atoms with Gasteiger partial charge in [0.1, 0.15) is 12.4 Å². The Bertz CT molecular complexity index is 1400. The van der Waals surface area contributed by atoms with Gasteiger partial charge in [0.15, 0.2) is 0 Å². The van der Waals surface area contributed by atoms with Crippen molar-refractivity contribution in [1.29, 1.82) is 0 Å². The van der Waals surface area contributed by atoms with Gasteiger partial charge in [0.05, 0.1) is 35.2 Å². The molecule has 1 aliphatic rings. The molecule has 4 aromatic rings. The number of ether oxygens (including phenoxy) is 1. The Hall–Kier alpha value is -3.56. The second-order valence-corrected chi connectivity index (χ2v) is 9.46. The SMILES string of the molecule is CNc1ccc(OC)c(Nc2ncc(Cl)c(-c3cn(C)c4cc(N5CCN(CCF)CC5)ccc34)n2)c1. The van der Waals surface area contributed by atoms with E-state index in [2.05, 4.69) is 48.2 Å². The molecule has 0 amide bonds. The van der Waals surface area contributed by atoms with Gasteiger partial charge in [0.25, 0.3) is 0 Å². The molecule has 1 aliphatic heterocycles. The standard InChI is InChI=1S/C27H31ClFN7O/c1-30-18-4-7-25(37-3)23(14-18)32-27-31-16-22(28)26(33-27)21-17-34(2)24-15-19(5-6-20(21)24)36-12-10-35(9-8-29)11-13-36/h4-7,14-17,30H,8-13H2,1-3H3,(H,31,32,33). The molecule has 10 heteroatoms. The number of aromatic nitrogens is 3. The molecule has 0 bridgehead atoms. The van der Waals surface area contributed by atoms with Crippen LogP contribution in [0.5, 0.6) is 5.75 Å². The van der Waals surface area contributed by atoms with Gasteiger partial charge in [-0.2, -0.15) is 0 Å². The highest BCUT2D eigenvalue weighted by molar-refractivity contribution is 6.33. The van der Waals surface area contributed by atoms with Crippen molar-refractivity contribution in [3.63, 3.8) is 0 Å². The third-order valence-electron chi connectivity index (χ3n) is 6.85. The zero-order valence-corrected chi connectivity index (χ0v) is 22.0. The summed E-state index contributed by atoms with van der Waals surface area (Å²) in [6.45, 7) is 3.72. The van der Waals surface area contributed by atoms with E-state index < -0.39 is 0 Å². The number of hydrogen-bond donors (Lipinski definition) is 2. The van der Waals surface area contributed by atoms with Gasteiger partial charge in [0, 0.05) is 75.3 Å². The topological polar surface area (TPSA) is 70.5 Å². The minimum Gasteiger partial charge on any atom is -0.495 e. The van der Waals surface area contributed by atoms with E-state index >= 15 is 0 Å². The van der Waals surface area contributed by atoms with Gasteiger partial charge in [-0.05, 0) is 30.3 Å². The number of nitrogens with one attached hydrogen (secondary N) is 2. The number of nitrogens with zero attached hydrogens (tertiary/aromatic N) is 5. The summed E-state index contributed by atoms with van der Waals surface area (Å²) in [5.74, 6) is 1.10. The Labute approximate surface area is 221 Å². The predicted octanol–water partition coefficient (Wildman–Crippen LogP) is 5.17. The lowest BCUT2D eigenvalue weighted by atomic mass is 10.1. The van der Waals surface area contributed by atoms with Gasteiger partial charge in [-0.3, -0.25) is 4.90 Å². The highest BCUT2D eigenvalue weighted by Crippen LogP contribution is 2.36. The maximum absolute atomic E-state index is 12.7. The lowest BCUT2D eigenvalue weighted by molar-refractivity contribution is 0.235. The number of halogens is 2. The third kappa shape index (κ3) is 5.14. The van der Waals surface area contributed by atoms with Crippen LogP contribution < -0.4 is 20.3 Å². The lowest BCUT2D eigenvalue weighted by Gasteiger charge is -2.35. The molecule has 0 atom stereocenters. The van der Waals surface area contributed by atoms with E-state index in [1.54, 1.807) is 13.3 Å². The first-order chi connectivity index (χ1) is 18.0. The maximum atomic E-state index is 12.7. The summed E-state index contributed by atoms with van der Waals surface area (Å²) in [5.41, 5.74) is 5.52. The van der Waals surface area contributed by atoms with E-state index in [0.717, 1.165) is 59.7 Å². The fourth-order valence-corrected chi connectivity index (χ4v) is 5.00. The molecule has 0 spiro atoms. The molecule has 2 aromatic carbocycles. The Morgan fingerprint density at radius 1 is 1.11 bits per heavy atom. The van der Waals surface area contributed by atoms with Crippen LogP contribution in [0.2, 0.25) is 5.02 Å². The molecule has 2 aromatic heterocycles. The number of piperazine rings is 1. The summed E-state index contributed by atoms with van der Waals surface area (Å²) in [6, 6.07) is 12.2. The number of rotatable bonds is 8. The summed E-state index contributed by atoms with van der Waals surface area (Å²) in [7, 11) is 5.51. The molecule has 5 rings (SSSR count). The number of aryl methyl sites for hydroxylation is 1. The fraction of sp³-hybridized carbons (Fsp3) is 0.333. The highest BCUT2D eigenvalue weighted by atomic mass is 35.5. The lowest BCUT2D eigenvalue weighted by Crippen LogP contribution is -2.47. The van der Waals surface area contributed by atoms with Crippen molar-refractivity contribution in [1.82, 2.24) is 19.4 Å². The Morgan fingerprint density at radius 2 is 1.92 bits per heavy atom. The first-order valence-corrected chi connectivity index (χ1v) is 12.7. The van der Waals surface area contributed by atoms with Crippen molar-refractivity contribution in [3.05, 3.63) is 53.8 Å². The molecule has 3 heterocycles. The number of benzene rings is 2. The van der Waals surface area contributed by atoms with E-state index in [0.29, 0.717) is 29.0 Å². The van der Waals surface area contributed by atoms with Crippen molar-refractivity contribution >= 4 is 45.5 Å². The van der Waals surface area contributed by atoms with Crippen molar-refractivity contribution in [2.24, 2.45) is 7.05 Å². The molecule has 194 valence electrons. The molecule has 37 heavy (non-hydrogen) atoms. The first kappa shape index (κ1) is 25.1. The molecule has 1 fully saturated rings. The zero-order valence-electron chi connectivity index (χ0n) is 21.3. The quantitative estimate of drug-likeness (QED) is 0.330. The number of alkyl halides is 1. The predicted molar refractivity (Wildman–Crippen MR) is 149 cm³/mol. The van der Waals surface area contributed by atoms with E-state index in [1.165, 1.54) is 0 Å². The molecule has 1 saturated heterocycles. The summed E-state index contributed by atoms with van der Waals surface area (Å²) < 4.78 is 20.3. The van der Waals surface area contributed by atoms with Crippen LogP contribution in [-0.2, 0) is 7.05 Å². The molecule has 0 unspecified atom stereocenters. The Kier molecular flexibility index (Phi) is 7.34. The Balaban J connectivity index is 1.45. The second-order valence-electron chi connectivity index (χ2n) is 9.05. The average Bonchev–Trinajstić information content (AvgIpc) is 3.25. The van der Waals surface area contributed by atoms with Gasteiger partial charge in [-0.1, -0.05) is 17.7 Å². The van der Waals surface area contributed by atoms with Gasteiger partial charge in [0.2, 0.25) is 5.95 Å². The Morgan fingerprint density at radius 3 is 2.65 bits per heavy atom. The van der Waals surface area contributed by atoms with Crippen molar-refractivity contribution < 1.29 is 9.13 Å².